The van der Waals surface area contributed by atoms with Crippen molar-refractivity contribution in [3.8, 4) is 0 Å². The van der Waals surface area contributed by atoms with Crippen molar-refractivity contribution >= 4 is 11.9 Å². The fourth-order valence-electron chi connectivity index (χ4n) is 1.31. The molecule has 1 aromatic heterocycles. The van der Waals surface area contributed by atoms with E-state index in [-0.39, 0.29) is 18.3 Å². The predicted molar refractivity (Wildman–Crippen MR) is 58.9 cm³/mol. The van der Waals surface area contributed by atoms with Gasteiger partial charge in [0.2, 0.25) is 5.95 Å². The van der Waals surface area contributed by atoms with Crippen molar-refractivity contribution in [3.05, 3.63) is 5.82 Å². The van der Waals surface area contributed by atoms with Gasteiger partial charge < -0.3 is 16.7 Å². The molecule has 0 spiro atoms. The van der Waals surface area contributed by atoms with Gasteiger partial charge in [-0.1, -0.05) is 13.8 Å². The molecule has 0 fully saturated rings. The van der Waals surface area contributed by atoms with Gasteiger partial charge in [0.25, 0.3) is 0 Å². The van der Waals surface area contributed by atoms with E-state index in [1.54, 1.807) is 6.92 Å². The SMILES string of the molecule is CC(C)C(C)(Cc1nnc(N)n1N)C(=O)O. The van der Waals surface area contributed by atoms with Crippen molar-refractivity contribution in [1.29, 1.82) is 0 Å². The van der Waals surface area contributed by atoms with Gasteiger partial charge in [-0.05, 0) is 12.8 Å². The van der Waals surface area contributed by atoms with Gasteiger partial charge in [-0.3, -0.25) is 4.79 Å². The molecule has 0 aliphatic rings. The summed E-state index contributed by atoms with van der Waals surface area (Å²) in [5.41, 5.74) is 4.49. The van der Waals surface area contributed by atoms with E-state index >= 15 is 0 Å². The molecular weight excluding hydrogens is 210 g/mol. The molecule has 5 N–H and O–H groups in total. The number of hydrogen-bond acceptors (Lipinski definition) is 5. The van der Waals surface area contributed by atoms with E-state index in [9.17, 15) is 9.90 Å². The summed E-state index contributed by atoms with van der Waals surface area (Å²) >= 11 is 0. The lowest BCUT2D eigenvalue weighted by Gasteiger charge is -2.28. The molecule has 1 unspecified atom stereocenters. The van der Waals surface area contributed by atoms with Crippen molar-refractivity contribution in [2.24, 2.45) is 11.3 Å². The van der Waals surface area contributed by atoms with Crippen LogP contribution in [0, 0.1) is 11.3 Å². The van der Waals surface area contributed by atoms with Crippen LogP contribution in [0.15, 0.2) is 0 Å². The van der Waals surface area contributed by atoms with E-state index in [1.165, 1.54) is 0 Å². The van der Waals surface area contributed by atoms with Crippen LogP contribution in [0.3, 0.4) is 0 Å². The number of anilines is 1. The summed E-state index contributed by atoms with van der Waals surface area (Å²) in [6.45, 7) is 5.34. The second kappa shape index (κ2) is 3.99. The first kappa shape index (κ1) is 12.3. The van der Waals surface area contributed by atoms with E-state index in [4.69, 9.17) is 11.6 Å². The molecule has 16 heavy (non-hydrogen) atoms. The molecule has 0 amide bonds. The standard InChI is InChI=1S/C9H17N5O2/c1-5(2)9(3,7(15)16)4-6-12-13-8(10)14(6)11/h5H,4,11H2,1-3H3,(H2,10,13)(H,15,16). The molecule has 0 saturated heterocycles. The minimum absolute atomic E-state index is 0.0528. The van der Waals surface area contributed by atoms with Crippen LogP contribution in [0.5, 0.6) is 0 Å². The average molecular weight is 227 g/mol. The Bertz CT molecular complexity index is 401. The van der Waals surface area contributed by atoms with E-state index in [0.29, 0.717) is 5.82 Å². The molecule has 0 aliphatic heterocycles. The lowest BCUT2D eigenvalue weighted by atomic mass is 9.76. The largest absolute Gasteiger partial charge is 0.481 e. The van der Waals surface area contributed by atoms with Crippen LogP contribution >= 0.6 is 0 Å². The van der Waals surface area contributed by atoms with Crippen LogP contribution in [-0.2, 0) is 11.2 Å². The first-order valence-corrected chi connectivity index (χ1v) is 4.97. The lowest BCUT2D eigenvalue weighted by molar-refractivity contribution is -0.150. The smallest absolute Gasteiger partial charge is 0.310 e. The van der Waals surface area contributed by atoms with Gasteiger partial charge in [0.15, 0.2) is 5.82 Å². The highest BCUT2D eigenvalue weighted by molar-refractivity contribution is 5.74. The third kappa shape index (κ3) is 1.93. The third-order valence-electron chi connectivity index (χ3n) is 3.08. The summed E-state index contributed by atoms with van der Waals surface area (Å²) in [6, 6.07) is 0. The first-order valence-electron chi connectivity index (χ1n) is 4.97. The topological polar surface area (TPSA) is 120 Å². The molecular formula is C9H17N5O2. The molecule has 1 rings (SSSR count). The van der Waals surface area contributed by atoms with Gasteiger partial charge in [-0.2, -0.15) is 0 Å². The van der Waals surface area contributed by atoms with Crippen molar-refractivity contribution in [1.82, 2.24) is 14.9 Å². The number of nitrogens with two attached hydrogens (primary N) is 2. The Kier molecular flexibility index (Phi) is 3.06. The molecule has 0 aliphatic carbocycles. The summed E-state index contributed by atoms with van der Waals surface area (Å²) in [5, 5.41) is 16.6. The maximum absolute atomic E-state index is 11.3. The number of nitrogens with zero attached hydrogens (tertiary/aromatic N) is 3. The Hall–Kier alpha value is -1.79. The van der Waals surface area contributed by atoms with Gasteiger partial charge in [-0.15, -0.1) is 10.2 Å². The maximum atomic E-state index is 11.3. The Balaban J connectivity index is 3.02. The lowest BCUT2D eigenvalue weighted by Crippen LogP contribution is -2.37. The molecule has 1 aromatic rings. The van der Waals surface area contributed by atoms with E-state index in [0.717, 1.165) is 4.68 Å². The van der Waals surface area contributed by atoms with Gasteiger partial charge in [0, 0.05) is 6.42 Å². The zero-order valence-electron chi connectivity index (χ0n) is 9.64. The second-order valence-corrected chi connectivity index (χ2v) is 4.40. The normalized spacial score (nSPS) is 15.0. The molecule has 0 aromatic carbocycles. The summed E-state index contributed by atoms with van der Waals surface area (Å²) in [5.74, 6) is 5.09. The van der Waals surface area contributed by atoms with Crippen molar-refractivity contribution in [3.63, 3.8) is 0 Å². The highest BCUT2D eigenvalue weighted by Gasteiger charge is 2.38. The number of hydrogen-bond donors (Lipinski definition) is 3. The summed E-state index contributed by atoms with van der Waals surface area (Å²) in [6.07, 6.45) is 0.195. The Labute approximate surface area is 93.4 Å². The van der Waals surface area contributed by atoms with Crippen LogP contribution in [-0.4, -0.2) is 25.9 Å². The first-order chi connectivity index (χ1) is 7.29. The number of rotatable bonds is 4. The number of carboxylic acids is 1. The maximum Gasteiger partial charge on any atom is 0.310 e. The van der Waals surface area contributed by atoms with Gasteiger partial charge in [0.1, 0.15) is 0 Å². The fraction of sp³-hybridized carbons (Fsp3) is 0.667. The van der Waals surface area contributed by atoms with E-state index < -0.39 is 11.4 Å². The highest BCUT2D eigenvalue weighted by atomic mass is 16.4. The van der Waals surface area contributed by atoms with E-state index in [2.05, 4.69) is 10.2 Å². The minimum Gasteiger partial charge on any atom is -0.481 e. The molecule has 1 atom stereocenters. The second-order valence-electron chi connectivity index (χ2n) is 4.40. The Morgan fingerprint density at radius 3 is 2.44 bits per heavy atom. The van der Waals surface area contributed by atoms with Crippen molar-refractivity contribution in [2.75, 3.05) is 11.6 Å². The zero-order chi connectivity index (χ0) is 12.5. The van der Waals surface area contributed by atoms with Crippen LogP contribution < -0.4 is 11.6 Å². The average Bonchev–Trinajstić information content (AvgIpc) is 2.49. The zero-order valence-corrected chi connectivity index (χ0v) is 9.64. The van der Waals surface area contributed by atoms with Crippen LogP contribution in [0.25, 0.3) is 0 Å². The minimum atomic E-state index is -0.934. The Morgan fingerprint density at radius 2 is 2.12 bits per heavy atom. The molecule has 0 bridgehead atoms. The van der Waals surface area contributed by atoms with Crippen LogP contribution in [0.1, 0.15) is 26.6 Å². The summed E-state index contributed by atoms with van der Waals surface area (Å²) < 4.78 is 1.11. The van der Waals surface area contributed by atoms with E-state index in [1.807, 2.05) is 13.8 Å². The monoisotopic (exact) mass is 227 g/mol. The van der Waals surface area contributed by atoms with Gasteiger partial charge in [-0.25, -0.2) is 4.68 Å². The summed E-state index contributed by atoms with van der Waals surface area (Å²) in [4.78, 5) is 11.3. The number of nitrogen functional groups attached to an aromatic ring is 2. The fourth-order valence-corrected chi connectivity index (χ4v) is 1.31. The predicted octanol–water partition coefficient (Wildman–Crippen LogP) is -0.136. The molecule has 90 valence electrons. The number of aliphatic carboxylic acids is 1. The molecule has 1 heterocycles. The van der Waals surface area contributed by atoms with Crippen molar-refractivity contribution < 1.29 is 9.90 Å². The van der Waals surface area contributed by atoms with Crippen LogP contribution in [0.4, 0.5) is 5.95 Å². The quantitative estimate of drug-likeness (QED) is 0.616. The highest BCUT2D eigenvalue weighted by Crippen LogP contribution is 2.31. The summed E-state index contributed by atoms with van der Waals surface area (Å²) in [7, 11) is 0. The molecule has 0 radical (unpaired) electrons. The number of carboxylic acid groups (broad SMARTS) is 1. The molecule has 7 heteroatoms. The van der Waals surface area contributed by atoms with Crippen LogP contribution in [0.2, 0.25) is 0 Å². The number of aromatic nitrogens is 3. The van der Waals surface area contributed by atoms with Gasteiger partial charge in [0.05, 0.1) is 5.41 Å². The molecule has 7 nitrogen and oxygen atoms in total. The number of carbonyl (C=O) groups is 1. The third-order valence-corrected chi connectivity index (χ3v) is 3.08. The Morgan fingerprint density at radius 1 is 1.56 bits per heavy atom. The molecule has 0 saturated carbocycles. The van der Waals surface area contributed by atoms with Gasteiger partial charge >= 0.3 is 5.97 Å². The van der Waals surface area contributed by atoms with Crippen molar-refractivity contribution in [2.45, 2.75) is 27.2 Å².